The van der Waals surface area contributed by atoms with Gasteiger partial charge in [0.1, 0.15) is 11.6 Å². The monoisotopic (exact) mass is 296 g/mol. The normalized spacial score (nSPS) is 14.6. The zero-order chi connectivity index (χ0) is 14.8. The first kappa shape index (κ1) is 12.9. The summed E-state index contributed by atoms with van der Waals surface area (Å²) in [6, 6.07) is 7.85. The molecule has 8 nitrogen and oxygen atoms in total. The molecule has 0 radical (unpaired) electrons. The maximum atomic E-state index is 4.46. The van der Waals surface area contributed by atoms with Gasteiger partial charge >= 0.3 is 0 Å². The molecule has 1 N–H and O–H groups in total. The summed E-state index contributed by atoms with van der Waals surface area (Å²) >= 11 is 0. The largest absolute Gasteiger partial charge is 0.365 e. The number of anilines is 2. The van der Waals surface area contributed by atoms with Gasteiger partial charge in [0.05, 0.1) is 0 Å². The van der Waals surface area contributed by atoms with Gasteiger partial charge in [-0.3, -0.25) is 0 Å². The Bertz CT molecular complexity index is 777. The second kappa shape index (κ2) is 5.55. The van der Waals surface area contributed by atoms with Crippen LogP contribution >= 0.6 is 0 Å². The minimum atomic E-state index is 0.630. The Labute approximate surface area is 127 Å². The van der Waals surface area contributed by atoms with Gasteiger partial charge < -0.3 is 10.2 Å². The van der Waals surface area contributed by atoms with Crippen molar-refractivity contribution in [1.29, 1.82) is 0 Å². The molecule has 0 bridgehead atoms. The maximum absolute atomic E-state index is 4.46. The van der Waals surface area contributed by atoms with Crippen LogP contribution in [-0.2, 0) is 6.54 Å². The molecule has 0 unspecified atom stereocenters. The van der Waals surface area contributed by atoms with E-state index in [1.807, 2.05) is 24.4 Å². The molecular weight excluding hydrogens is 280 g/mol. The predicted molar refractivity (Wildman–Crippen MR) is 81.6 cm³/mol. The van der Waals surface area contributed by atoms with Crippen LogP contribution in [-0.4, -0.2) is 43.3 Å². The van der Waals surface area contributed by atoms with Crippen LogP contribution in [0, 0.1) is 0 Å². The SMILES string of the molecule is c1cc(CNc2ccc3nnnn3n2)cc(N2CCCC2)n1. The summed E-state index contributed by atoms with van der Waals surface area (Å²) in [5.41, 5.74) is 1.81. The number of nitrogens with zero attached hydrogens (tertiary/aromatic N) is 7. The van der Waals surface area contributed by atoms with Crippen LogP contribution in [0.25, 0.3) is 5.65 Å². The lowest BCUT2D eigenvalue weighted by molar-refractivity contribution is 0.734. The van der Waals surface area contributed by atoms with E-state index in [0.29, 0.717) is 12.2 Å². The van der Waals surface area contributed by atoms with Crippen molar-refractivity contribution in [3.8, 4) is 0 Å². The molecule has 4 rings (SSSR count). The van der Waals surface area contributed by atoms with E-state index in [0.717, 1.165) is 24.7 Å². The van der Waals surface area contributed by atoms with Gasteiger partial charge in [-0.1, -0.05) is 0 Å². The van der Waals surface area contributed by atoms with Crippen molar-refractivity contribution in [2.75, 3.05) is 23.3 Å². The molecule has 0 aliphatic carbocycles. The summed E-state index contributed by atoms with van der Waals surface area (Å²) in [5, 5.41) is 18.8. The molecule has 1 fully saturated rings. The Morgan fingerprint density at radius 2 is 2.05 bits per heavy atom. The minimum Gasteiger partial charge on any atom is -0.365 e. The van der Waals surface area contributed by atoms with E-state index in [2.05, 4.69) is 41.9 Å². The fraction of sp³-hybridized carbons (Fsp3) is 0.357. The van der Waals surface area contributed by atoms with Crippen molar-refractivity contribution in [3.05, 3.63) is 36.0 Å². The highest BCUT2D eigenvalue weighted by Gasteiger charge is 2.13. The summed E-state index contributed by atoms with van der Waals surface area (Å²) in [6.07, 6.45) is 4.36. The van der Waals surface area contributed by atoms with E-state index in [4.69, 9.17) is 0 Å². The number of rotatable bonds is 4. The summed E-state index contributed by atoms with van der Waals surface area (Å²) in [4.78, 5) is 6.79. The molecule has 8 heteroatoms. The Morgan fingerprint density at radius 3 is 2.95 bits per heavy atom. The third kappa shape index (κ3) is 2.54. The number of aromatic nitrogens is 6. The first-order chi connectivity index (χ1) is 10.9. The molecule has 4 heterocycles. The van der Waals surface area contributed by atoms with Crippen molar-refractivity contribution in [1.82, 2.24) is 30.2 Å². The van der Waals surface area contributed by atoms with E-state index in [9.17, 15) is 0 Å². The molecule has 1 aliphatic rings. The van der Waals surface area contributed by atoms with Crippen LogP contribution in [0.2, 0.25) is 0 Å². The molecule has 0 saturated carbocycles. The third-order valence-electron chi connectivity index (χ3n) is 3.78. The molecule has 0 atom stereocenters. The maximum Gasteiger partial charge on any atom is 0.200 e. The van der Waals surface area contributed by atoms with Gasteiger partial charge in [-0.2, -0.15) is 0 Å². The lowest BCUT2D eigenvalue weighted by Gasteiger charge is -2.17. The van der Waals surface area contributed by atoms with E-state index >= 15 is 0 Å². The van der Waals surface area contributed by atoms with Crippen LogP contribution < -0.4 is 10.2 Å². The van der Waals surface area contributed by atoms with E-state index in [-0.39, 0.29) is 0 Å². The topological polar surface area (TPSA) is 84.1 Å². The smallest absolute Gasteiger partial charge is 0.200 e. The van der Waals surface area contributed by atoms with E-state index in [1.54, 1.807) is 0 Å². The number of fused-ring (bicyclic) bond motifs is 1. The van der Waals surface area contributed by atoms with Gasteiger partial charge in [0, 0.05) is 25.8 Å². The molecule has 112 valence electrons. The highest BCUT2D eigenvalue weighted by Crippen LogP contribution is 2.18. The molecule has 1 saturated heterocycles. The molecule has 0 amide bonds. The van der Waals surface area contributed by atoms with Crippen LogP contribution in [0.15, 0.2) is 30.5 Å². The van der Waals surface area contributed by atoms with Gasteiger partial charge in [0.15, 0.2) is 5.65 Å². The number of nitrogens with one attached hydrogen (secondary N) is 1. The molecule has 3 aromatic rings. The Hall–Kier alpha value is -2.77. The van der Waals surface area contributed by atoms with Gasteiger partial charge in [-0.15, -0.1) is 14.8 Å². The van der Waals surface area contributed by atoms with Gasteiger partial charge in [0.25, 0.3) is 0 Å². The molecular formula is C14H16N8. The zero-order valence-corrected chi connectivity index (χ0v) is 12.1. The molecule has 22 heavy (non-hydrogen) atoms. The van der Waals surface area contributed by atoms with Crippen molar-refractivity contribution in [3.63, 3.8) is 0 Å². The second-order valence-electron chi connectivity index (χ2n) is 5.32. The third-order valence-corrected chi connectivity index (χ3v) is 3.78. The lowest BCUT2D eigenvalue weighted by atomic mass is 10.2. The fourth-order valence-electron chi connectivity index (χ4n) is 2.63. The summed E-state index contributed by atoms with van der Waals surface area (Å²) in [5.74, 6) is 1.79. The van der Waals surface area contributed by atoms with E-state index in [1.165, 1.54) is 23.0 Å². The Kier molecular flexibility index (Phi) is 3.26. The fourth-order valence-corrected chi connectivity index (χ4v) is 2.63. The number of pyridine rings is 1. The van der Waals surface area contributed by atoms with Crippen LogP contribution in [0.5, 0.6) is 0 Å². The number of hydrogen-bond acceptors (Lipinski definition) is 7. The predicted octanol–water partition coefficient (Wildman–Crippen LogP) is 1.13. The summed E-state index contributed by atoms with van der Waals surface area (Å²) in [7, 11) is 0. The average molecular weight is 296 g/mol. The highest BCUT2D eigenvalue weighted by atomic mass is 15.6. The standard InChI is InChI=1S/C14H16N8/c1-2-8-21(7-1)14-9-11(5-6-15-14)10-16-12-3-4-13-17-19-20-22(13)18-12/h3-6,9H,1-2,7-8,10H2,(H,16,18). The van der Waals surface area contributed by atoms with Crippen molar-refractivity contribution in [2.24, 2.45) is 0 Å². The summed E-state index contributed by atoms with van der Waals surface area (Å²) < 4.78 is 1.41. The molecule has 3 aromatic heterocycles. The first-order valence-corrected chi connectivity index (χ1v) is 7.38. The highest BCUT2D eigenvalue weighted by molar-refractivity contribution is 5.45. The van der Waals surface area contributed by atoms with Crippen molar-refractivity contribution in [2.45, 2.75) is 19.4 Å². The van der Waals surface area contributed by atoms with Crippen molar-refractivity contribution >= 4 is 17.3 Å². The van der Waals surface area contributed by atoms with Crippen LogP contribution in [0.3, 0.4) is 0 Å². The Morgan fingerprint density at radius 1 is 1.14 bits per heavy atom. The molecule has 0 aromatic carbocycles. The molecule has 1 aliphatic heterocycles. The Balaban J connectivity index is 1.47. The van der Waals surface area contributed by atoms with Gasteiger partial charge in [-0.05, 0) is 53.1 Å². The second-order valence-corrected chi connectivity index (χ2v) is 5.32. The number of tetrazole rings is 1. The zero-order valence-electron chi connectivity index (χ0n) is 12.1. The number of hydrogen-bond donors (Lipinski definition) is 1. The quantitative estimate of drug-likeness (QED) is 0.772. The molecule has 0 spiro atoms. The van der Waals surface area contributed by atoms with Gasteiger partial charge in [-0.25, -0.2) is 4.98 Å². The van der Waals surface area contributed by atoms with Crippen LogP contribution in [0.1, 0.15) is 18.4 Å². The first-order valence-electron chi connectivity index (χ1n) is 7.38. The van der Waals surface area contributed by atoms with E-state index < -0.39 is 0 Å². The minimum absolute atomic E-state index is 0.630. The van der Waals surface area contributed by atoms with Gasteiger partial charge in [0.2, 0.25) is 0 Å². The average Bonchev–Trinajstić information content (AvgIpc) is 3.24. The van der Waals surface area contributed by atoms with Crippen molar-refractivity contribution < 1.29 is 0 Å². The summed E-state index contributed by atoms with van der Waals surface area (Å²) in [6.45, 7) is 2.88. The lowest BCUT2D eigenvalue weighted by Crippen LogP contribution is -2.19. The van der Waals surface area contributed by atoms with Crippen LogP contribution in [0.4, 0.5) is 11.6 Å².